The first kappa shape index (κ1) is 12.2. The Morgan fingerprint density at radius 1 is 1.53 bits per heavy atom. The van der Waals surface area contributed by atoms with Crippen LogP contribution < -0.4 is 10.1 Å². The molecule has 0 aromatic carbocycles. The third-order valence-corrected chi connectivity index (χ3v) is 2.73. The maximum atomic E-state index is 5.66. The Kier molecular flexibility index (Phi) is 3.52. The summed E-state index contributed by atoms with van der Waals surface area (Å²) in [6.07, 6.45) is 1.88. The van der Waals surface area contributed by atoms with Gasteiger partial charge in [0.2, 0.25) is 5.88 Å². The summed E-state index contributed by atoms with van der Waals surface area (Å²) in [6, 6.07) is 3.91. The van der Waals surface area contributed by atoms with Crippen molar-refractivity contribution in [3.05, 3.63) is 18.3 Å². The molecule has 2 heterocycles. The van der Waals surface area contributed by atoms with Gasteiger partial charge in [-0.2, -0.15) is 0 Å². The largest absolute Gasteiger partial charge is 0.473 e. The topological polar surface area (TPSA) is 43.4 Å². The first-order valence-corrected chi connectivity index (χ1v) is 6.02. The molecule has 4 heteroatoms. The summed E-state index contributed by atoms with van der Waals surface area (Å²) >= 11 is 0. The van der Waals surface area contributed by atoms with Crippen LogP contribution in [0.4, 0.5) is 5.69 Å². The number of aromatic nitrogens is 1. The number of ether oxygens (including phenoxy) is 2. The summed E-state index contributed by atoms with van der Waals surface area (Å²) in [4.78, 5) is 4.25. The zero-order chi connectivity index (χ0) is 12.3. The van der Waals surface area contributed by atoms with Crippen molar-refractivity contribution in [2.75, 3.05) is 25.1 Å². The van der Waals surface area contributed by atoms with Crippen LogP contribution in [0.2, 0.25) is 0 Å². The molecule has 1 saturated heterocycles. The fourth-order valence-corrected chi connectivity index (χ4v) is 1.70. The van der Waals surface area contributed by atoms with Crippen LogP contribution >= 0.6 is 0 Å². The van der Waals surface area contributed by atoms with Crippen LogP contribution in [0.15, 0.2) is 18.3 Å². The first-order chi connectivity index (χ1) is 8.09. The van der Waals surface area contributed by atoms with Crippen LogP contribution in [-0.4, -0.2) is 30.8 Å². The van der Waals surface area contributed by atoms with E-state index in [-0.39, 0.29) is 11.5 Å². The van der Waals surface area contributed by atoms with Crippen molar-refractivity contribution in [2.45, 2.75) is 26.9 Å². The van der Waals surface area contributed by atoms with Gasteiger partial charge in [0.05, 0.1) is 25.0 Å². The second-order valence-corrected chi connectivity index (χ2v) is 5.18. The molecule has 0 unspecified atom stereocenters. The second-order valence-electron chi connectivity index (χ2n) is 5.18. The van der Waals surface area contributed by atoms with E-state index in [1.807, 2.05) is 26.0 Å². The monoisotopic (exact) mass is 236 g/mol. The maximum Gasteiger partial charge on any atom is 0.237 e. The van der Waals surface area contributed by atoms with Crippen molar-refractivity contribution >= 4 is 5.69 Å². The van der Waals surface area contributed by atoms with Crippen LogP contribution in [0.25, 0.3) is 0 Å². The van der Waals surface area contributed by atoms with E-state index in [4.69, 9.17) is 9.47 Å². The van der Waals surface area contributed by atoms with Gasteiger partial charge in [0.15, 0.2) is 0 Å². The molecular weight excluding hydrogens is 216 g/mol. The summed E-state index contributed by atoms with van der Waals surface area (Å²) in [7, 11) is 0. The minimum absolute atomic E-state index is 0.132. The van der Waals surface area contributed by atoms with E-state index in [1.54, 1.807) is 6.20 Å². The lowest BCUT2D eigenvalue weighted by molar-refractivity contribution is -0.0924. The van der Waals surface area contributed by atoms with Crippen molar-refractivity contribution in [1.82, 2.24) is 4.98 Å². The molecule has 17 heavy (non-hydrogen) atoms. The number of anilines is 1. The van der Waals surface area contributed by atoms with Gasteiger partial charge in [-0.3, -0.25) is 0 Å². The quantitative estimate of drug-likeness (QED) is 0.852. The van der Waals surface area contributed by atoms with E-state index in [1.165, 1.54) is 0 Å². The Hall–Kier alpha value is -1.29. The molecule has 0 atom stereocenters. The number of pyridine rings is 1. The van der Waals surface area contributed by atoms with Crippen molar-refractivity contribution in [3.8, 4) is 5.88 Å². The maximum absolute atomic E-state index is 5.66. The fourth-order valence-electron chi connectivity index (χ4n) is 1.70. The van der Waals surface area contributed by atoms with Gasteiger partial charge in [-0.1, -0.05) is 6.92 Å². The van der Waals surface area contributed by atoms with Gasteiger partial charge in [0, 0.05) is 18.2 Å². The van der Waals surface area contributed by atoms with E-state index in [9.17, 15) is 0 Å². The summed E-state index contributed by atoms with van der Waals surface area (Å²) in [5.74, 6) is 0.673. The van der Waals surface area contributed by atoms with E-state index in [2.05, 4.69) is 17.2 Å². The minimum Gasteiger partial charge on any atom is -0.473 e. The summed E-state index contributed by atoms with van der Waals surface area (Å²) in [6.45, 7) is 8.73. The Morgan fingerprint density at radius 2 is 2.29 bits per heavy atom. The number of nitrogens with one attached hydrogen (secondary N) is 1. The van der Waals surface area contributed by atoms with Crippen LogP contribution in [0.3, 0.4) is 0 Å². The molecule has 4 nitrogen and oxygen atoms in total. The van der Waals surface area contributed by atoms with Crippen molar-refractivity contribution < 1.29 is 9.47 Å². The molecule has 0 radical (unpaired) electrons. The van der Waals surface area contributed by atoms with Crippen molar-refractivity contribution in [2.24, 2.45) is 5.41 Å². The van der Waals surface area contributed by atoms with Crippen LogP contribution in [0.5, 0.6) is 5.88 Å². The van der Waals surface area contributed by atoms with E-state index in [0.29, 0.717) is 5.88 Å². The lowest BCUT2D eigenvalue weighted by Crippen LogP contribution is -2.45. The number of rotatable bonds is 5. The third kappa shape index (κ3) is 3.09. The highest BCUT2D eigenvalue weighted by atomic mass is 16.5. The highest BCUT2D eigenvalue weighted by molar-refractivity contribution is 5.52. The van der Waals surface area contributed by atoms with Gasteiger partial charge in [0.25, 0.3) is 0 Å². The average molecular weight is 236 g/mol. The molecule has 94 valence electrons. The van der Waals surface area contributed by atoms with Gasteiger partial charge in [-0.25, -0.2) is 4.98 Å². The lowest BCUT2D eigenvalue weighted by atomic mass is 9.89. The van der Waals surface area contributed by atoms with Gasteiger partial charge in [-0.15, -0.1) is 0 Å². The summed E-state index contributed by atoms with van der Waals surface area (Å²) in [5.41, 5.74) is 1.19. The van der Waals surface area contributed by atoms with E-state index in [0.717, 1.165) is 25.4 Å². The Labute approximate surface area is 102 Å². The second kappa shape index (κ2) is 4.92. The summed E-state index contributed by atoms with van der Waals surface area (Å²) < 4.78 is 10.9. The lowest BCUT2D eigenvalue weighted by Gasteiger charge is -2.38. The molecule has 0 saturated carbocycles. The molecular formula is C13H20N2O2. The first-order valence-electron chi connectivity index (χ1n) is 6.02. The highest BCUT2D eigenvalue weighted by Crippen LogP contribution is 2.29. The predicted molar refractivity (Wildman–Crippen MR) is 67.4 cm³/mol. The van der Waals surface area contributed by atoms with E-state index >= 15 is 0 Å². The van der Waals surface area contributed by atoms with Crippen LogP contribution in [0.1, 0.15) is 20.8 Å². The zero-order valence-corrected chi connectivity index (χ0v) is 10.7. The minimum atomic E-state index is 0.132. The molecule has 0 bridgehead atoms. The Balaban J connectivity index is 1.99. The van der Waals surface area contributed by atoms with Crippen LogP contribution in [-0.2, 0) is 4.74 Å². The van der Waals surface area contributed by atoms with Gasteiger partial charge < -0.3 is 14.8 Å². The number of nitrogens with zero attached hydrogens (tertiary/aromatic N) is 1. The highest BCUT2D eigenvalue weighted by Gasteiger charge is 2.33. The van der Waals surface area contributed by atoms with Crippen molar-refractivity contribution in [1.29, 1.82) is 0 Å². The van der Waals surface area contributed by atoms with Gasteiger partial charge in [-0.05, 0) is 26.0 Å². The van der Waals surface area contributed by atoms with Gasteiger partial charge >= 0.3 is 0 Å². The number of hydrogen-bond donors (Lipinski definition) is 1. The Morgan fingerprint density at radius 3 is 2.88 bits per heavy atom. The predicted octanol–water partition coefficient (Wildman–Crippen LogP) is 2.32. The smallest absolute Gasteiger partial charge is 0.237 e. The molecule has 1 aliphatic heterocycles. The summed E-state index contributed by atoms with van der Waals surface area (Å²) in [5, 5.41) is 3.39. The molecule has 1 aromatic rings. The molecule has 1 N–H and O–H groups in total. The number of hydrogen-bond acceptors (Lipinski definition) is 4. The standard InChI is InChI=1S/C13H20N2O2/c1-10(2)17-12-11(5-4-6-14-12)15-7-13(3)8-16-9-13/h4-6,10,15H,7-9H2,1-3H3. The molecule has 0 amide bonds. The van der Waals surface area contributed by atoms with E-state index < -0.39 is 0 Å². The molecule has 2 rings (SSSR count). The molecule has 1 fully saturated rings. The van der Waals surface area contributed by atoms with Crippen molar-refractivity contribution in [3.63, 3.8) is 0 Å². The van der Waals surface area contributed by atoms with Gasteiger partial charge in [0.1, 0.15) is 0 Å². The molecule has 1 aliphatic rings. The molecule has 0 spiro atoms. The zero-order valence-electron chi connectivity index (χ0n) is 10.7. The third-order valence-electron chi connectivity index (χ3n) is 2.73. The normalized spacial score (nSPS) is 17.6. The molecule has 1 aromatic heterocycles. The Bertz CT molecular complexity index is 375. The average Bonchev–Trinajstić information content (AvgIpc) is 2.25. The SMILES string of the molecule is CC(C)Oc1ncccc1NCC1(C)COC1. The van der Waals surface area contributed by atoms with Crippen LogP contribution in [0, 0.1) is 5.41 Å². The fraction of sp³-hybridized carbons (Fsp3) is 0.615. The molecule has 0 aliphatic carbocycles.